The van der Waals surface area contributed by atoms with E-state index in [-0.39, 0.29) is 0 Å². The lowest BCUT2D eigenvalue weighted by Gasteiger charge is -1.82. The number of hydrogen-bond donors (Lipinski definition) is 0. The Morgan fingerprint density at radius 2 is 2.40 bits per heavy atom. The first kappa shape index (κ1) is 5.41. The molecule has 0 fully saturated rings. The second-order valence-electron chi connectivity index (χ2n) is 2.22. The highest BCUT2D eigenvalue weighted by Gasteiger charge is 2.02. The third kappa shape index (κ3) is 0.603. The quantitative estimate of drug-likeness (QED) is 0.470. The summed E-state index contributed by atoms with van der Waals surface area (Å²) >= 11 is 0. The Balaban J connectivity index is 2.93. The van der Waals surface area contributed by atoms with E-state index in [1.165, 1.54) is 0 Å². The molecule has 2 aromatic heterocycles. The van der Waals surface area contributed by atoms with Crippen LogP contribution in [0.1, 0.15) is 0 Å². The van der Waals surface area contributed by atoms with Crippen molar-refractivity contribution >= 4 is 5.65 Å². The Bertz CT molecular complexity index is 350. The Morgan fingerprint density at radius 1 is 1.50 bits per heavy atom. The summed E-state index contributed by atoms with van der Waals surface area (Å²) in [4.78, 5) is 0. The van der Waals surface area contributed by atoms with Crippen LogP contribution in [0.3, 0.4) is 0 Å². The van der Waals surface area contributed by atoms with Crippen molar-refractivity contribution in [2.75, 3.05) is 0 Å². The van der Waals surface area contributed by atoms with Crippen molar-refractivity contribution in [2.24, 2.45) is 7.05 Å². The number of aryl methyl sites for hydroxylation is 1. The molecule has 3 heteroatoms. The van der Waals surface area contributed by atoms with Gasteiger partial charge in [-0.15, -0.1) is 4.68 Å². The van der Waals surface area contributed by atoms with Gasteiger partial charge in [-0.05, 0) is 6.07 Å². The molecule has 0 bridgehead atoms. The van der Waals surface area contributed by atoms with Crippen molar-refractivity contribution < 1.29 is 4.40 Å². The first-order valence-corrected chi connectivity index (χ1v) is 3.16. The molecule has 0 spiro atoms. The molecule has 0 aliphatic rings. The molecule has 0 atom stereocenters. The fourth-order valence-corrected chi connectivity index (χ4v) is 1.01. The van der Waals surface area contributed by atoms with Crippen molar-refractivity contribution in [3.05, 3.63) is 30.7 Å². The van der Waals surface area contributed by atoms with Crippen molar-refractivity contribution in [1.29, 1.82) is 0 Å². The molecule has 0 saturated carbocycles. The van der Waals surface area contributed by atoms with E-state index in [2.05, 4.69) is 5.10 Å². The van der Waals surface area contributed by atoms with Gasteiger partial charge in [0.25, 0.3) is 12.0 Å². The Morgan fingerprint density at radius 3 is 3.20 bits per heavy atom. The van der Waals surface area contributed by atoms with Crippen molar-refractivity contribution in [2.45, 2.75) is 0 Å². The smallest absolute Gasteiger partial charge is 0.204 e. The summed E-state index contributed by atoms with van der Waals surface area (Å²) in [6.45, 7) is 0. The van der Waals surface area contributed by atoms with Crippen LogP contribution in [0.25, 0.3) is 5.65 Å². The molecule has 2 rings (SSSR count). The van der Waals surface area contributed by atoms with E-state index in [0.717, 1.165) is 5.65 Å². The average Bonchev–Trinajstić information content (AvgIpc) is 2.34. The maximum atomic E-state index is 4.08. The first-order valence-electron chi connectivity index (χ1n) is 3.16. The number of fused-ring (bicyclic) bond motifs is 1. The molecule has 0 saturated heterocycles. The summed E-state index contributed by atoms with van der Waals surface area (Å²) in [7, 11) is 1.93. The van der Waals surface area contributed by atoms with Crippen molar-refractivity contribution in [1.82, 2.24) is 9.78 Å². The molecule has 3 nitrogen and oxygen atoms in total. The lowest BCUT2D eigenvalue weighted by atomic mass is 10.5. The molecule has 2 aromatic rings. The highest BCUT2D eigenvalue weighted by molar-refractivity contribution is 5.26. The topological polar surface area (TPSA) is 21.9 Å². The van der Waals surface area contributed by atoms with Crippen LogP contribution in [0.4, 0.5) is 0 Å². The molecule has 0 unspecified atom stereocenters. The number of aromatic nitrogens is 3. The van der Waals surface area contributed by atoms with Gasteiger partial charge in [0.15, 0.2) is 0 Å². The van der Waals surface area contributed by atoms with Gasteiger partial charge < -0.3 is 0 Å². The lowest BCUT2D eigenvalue weighted by molar-refractivity contribution is -0.512. The Kier molecular flexibility index (Phi) is 0.974. The summed E-state index contributed by atoms with van der Waals surface area (Å²) in [5.74, 6) is 0. The minimum Gasteiger partial charge on any atom is -0.204 e. The van der Waals surface area contributed by atoms with Crippen LogP contribution < -0.4 is 4.40 Å². The zero-order valence-corrected chi connectivity index (χ0v) is 5.73. The molecule has 10 heavy (non-hydrogen) atoms. The summed E-state index contributed by atoms with van der Waals surface area (Å²) in [5, 5.41) is 4.08. The molecular weight excluding hydrogens is 126 g/mol. The average molecular weight is 134 g/mol. The molecule has 0 N–H and O–H groups in total. The van der Waals surface area contributed by atoms with Crippen LogP contribution in [0.2, 0.25) is 0 Å². The zero-order chi connectivity index (χ0) is 6.97. The highest BCUT2D eigenvalue weighted by Crippen LogP contribution is 1.89. The van der Waals surface area contributed by atoms with E-state index in [0.29, 0.717) is 0 Å². The predicted molar refractivity (Wildman–Crippen MR) is 36.4 cm³/mol. The summed E-state index contributed by atoms with van der Waals surface area (Å²) in [6, 6.07) is 6.00. The second kappa shape index (κ2) is 1.80. The standard InChI is InChI=1S/C7H8N3/c1-9-7-4-2-3-5-10(7)6-8-9/h2-6H,1H3/q+1. The van der Waals surface area contributed by atoms with Gasteiger partial charge in [-0.1, -0.05) is 6.07 Å². The molecule has 2 heterocycles. The third-order valence-corrected chi connectivity index (χ3v) is 1.55. The molecule has 0 aromatic carbocycles. The van der Waals surface area contributed by atoms with Crippen LogP contribution in [-0.2, 0) is 7.05 Å². The van der Waals surface area contributed by atoms with Gasteiger partial charge in [0, 0.05) is 11.2 Å². The summed E-state index contributed by atoms with van der Waals surface area (Å²) in [5.41, 5.74) is 1.10. The van der Waals surface area contributed by atoms with E-state index in [1.54, 1.807) is 6.33 Å². The molecule has 0 aliphatic heterocycles. The highest BCUT2D eigenvalue weighted by atomic mass is 15.3. The van der Waals surface area contributed by atoms with E-state index >= 15 is 0 Å². The molecule has 0 amide bonds. The van der Waals surface area contributed by atoms with Gasteiger partial charge in [0.2, 0.25) is 0 Å². The molecule has 50 valence electrons. The van der Waals surface area contributed by atoms with Crippen LogP contribution in [0, 0.1) is 0 Å². The fraction of sp³-hybridized carbons (Fsp3) is 0.143. The largest absolute Gasteiger partial charge is 0.270 e. The SMILES string of the molecule is Cn1nc[n+]2ccccc12. The minimum absolute atomic E-state index is 1.10. The maximum absolute atomic E-state index is 4.08. The van der Waals surface area contributed by atoms with Gasteiger partial charge in [-0.3, -0.25) is 0 Å². The van der Waals surface area contributed by atoms with Crippen LogP contribution in [0.5, 0.6) is 0 Å². The monoisotopic (exact) mass is 134 g/mol. The lowest BCUT2D eigenvalue weighted by Crippen LogP contribution is -2.17. The number of pyridine rings is 1. The van der Waals surface area contributed by atoms with Gasteiger partial charge in [-0.25, -0.2) is 4.40 Å². The van der Waals surface area contributed by atoms with Crippen LogP contribution >= 0.6 is 0 Å². The minimum atomic E-state index is 1.10. The maximum Gasteiger partial charge on any atom is 0.270 e. The van der Waals surface area contributed by atoms with Crippen molar-refractivity contribution in [3.8, 4) is 0 Å². The second-order valence-corrected chi connectivity index (χ2v) is 2.22. The molecule has 0 aliphatic carbocycles. The van der Waals surface area contributed by atoms with Crippen LogP contribution in [0.15, 0.2) is 30.7 Å². The van der Waals surface area contributed by atoms with Gasteiger partial charge in [0.1, 0.15) is 0 Å². The van der Waals surface area contributed by atoms with E-state index in [1.807, 2.05) is 40.5 Å². The van der Waals surface area contributed by atoms with Gasteiger partial charge >= 0.3 is 0 Å². The van der Waals surface area contributed by atoms with Gasteiger partial charge in [-0.2, -0.15) is 0 Å². The van der Waals surface area contributed by atoms with E-state index < -0.39 is 0 Å². The van der Waals surface area contributed by atoms with Gasteiger partial charge in [0.05, 0.1) is 13.2 Å². The Hall–Kier alpha value is -1.38. The van der Waals surface area contributed by atoms with E-state index in [9.17, 15) is 0 Å². The first-order chi connectivity index (χ1) is 4.88. The van der Waals surface area contributed by atoms with Crippen molar-refractivity contribution in [3.63, 3.8) is 0 Å². The van der Waals surface area contributed by atoms with Crippen LogP contribution in [-0.4, -0.2) is 9.78 Å². The molecular formula is C7H8N3+. The number of rotatable bonds is 0. The zero-order valence-electron chi connectivity index (χ0n) is 5.73. The summed E-state index contributed by atoms with van der Waals surface area (Å²) < 4.78 is 3.81. The normalized spacial score (nSPS) is 10.5. The number of hydrogen-bond acceptors (Lipinski definition) is 1. The van der Waals surface area contributed by atoms with E-state index in [4.69, 9.17) is 0 Å². The fourth-order valence-electron chi connectivity index (χ4n) is 1.01. The number of nitrogens with zero attached hydrogens (tertiary/aromatic N) is 3. The molecule has 0 radical (unpaired) electrons. The Labute approximate surface area is 58.5 Å². The summed E-state index contributed by atoms with van der Waals surface area (Å²) in [6.07, 6.45) is 3.76. The predicted octanol–water partition coefficient (Wildman–Crippen LogP) is 0.159. The third-order valence-electron chi connectivity index (χ3n) is 1.55.